The smallest absolute Gasteiger partial charge is 0.255 e. The van der Waals surface area contributed by atoms with Crippen LogP contribution in [-0.4, -0.2) is 10.5 Å². The van der Waals surface area contributed by atoms with Gasteiger partial charge in [0.1, 0.15) is 6.04 Å². The van der Waals surface area contributed by atoms with E-state index in [0.717, 1.165) is 49.2 Å². The standard InChI is InChI=1S/C36H29N2O2P/c1-26-14-8-13-23-33(26)41(40,28-17-6-3-7-18-28)34-25-37(31-21-11-9-19-29(31)34)35-30-20-10-12-22-32(30)38(36(35)39)24-27-15-4-2-5-16-27/h2-23,25,35H,24H2,1H3. The summed E-state index contributed by atoms with van der Waals surface area (Å²) in [6.07, 6.45) is 1.98. The molecule has 2 unspecified atom stereocenters. The summed E-state index contributed by atoms with van der Waals surface area (Å²) in [6, 6.07) is 43.2. The zero-order valence-electron chi connectivity index (χ0n) is 22.7. The van der Waals surface area contributed by atoms with Crippen LogP contribution in [0.1, 0.15) is 22.7 Å². The van der Waals surface area contributed by atoms with Gasteiger partial charge >= 0.3 is 0 Å². The Balaban J connectivity index is 1.45. The van der Waals surface area contributed by atoms with Crippen LogP contribution < -0.4 is 20.8 Å². The van der Waals surface area contributed by atoms with E-state index in [1.807, 2.05) is 156 Å². The number of rotatable bonds is 6. The summed E-state index contributed by atoms with van der Waals surface area (Å²) in [7, 11) is -3.30. The van der Waals surface area contributed by atoms with Crippen molar-refractivity contribution in [1.29, 1.82) is 0 Å². The predicted octanol–water partition coefficient (Wildman–Crippen LogP) is 6.73. The molecule has 0 N–H and O–H groups in total. The van der Waals surface area contributed by atoms with Gasteiger partial charge in [0.25, 0.3) is 5.91 Å². The highest BCUT2D eigenvalue weighted by molar-refractivity contribution is 7.85. The largest absolute Gasteiger partial charge is 0.330 e. The molecule has 2 atom stereocenters. The van der Waals surface area contributed by atoms with Crippen LogP contribution in [0.5, 0.6) is 0 Å². The van der Waals surface area contributed by atoms with Crippen molar-refractivity contribution in [2.45, 2.75) is 19.5 Å². The maximum absolute atomic E-state index is 15.6. The van der Waals surface area contributed by atoms with Gasteiger partial charge in [-0.3, -0.25) is 4.79 Å². The van der Waals surface area contributed by atoms with Gasteiger partial charge in [0.2, 0.25) is 0 Å². The van der Waals surface area contributed by atoms with E-state index in [0.29, 0.717) is 6.54 Å². The second-order valence-corrected chi connectivity index (χ2v) is 13.2. The van der Waals surface area contributed by atoms with E-state index in [1.165, 1.54) is 0 Å². The number of carbonyl (C=O) groups excluding carboxylic acids is 1. The second kappa shape index (κ2) is 10.1. The predicted molar refractivity (Wildman–Crippen MR) is 168 cm³/mol. The maximum atomic E-state index is 15.6. The van der Waals surface area contributed by atoms with Crippen molar-refractivity contribution in [3.63, 3.8) is 0 Å². The first-order chi connectivity index (χ1) is 20.1. The Morgan fingerprint density at radius 2 is 1.32 bits per heavy atom. The van der Waals surface area contributed by atoms with Crippen molar-refractivity contribution in [1.82, 2.24) is 4.57 Å². The SMILES string of the molecule is Cc1ccccc1P(=O)(c1ccccc1)c1cn(C2C(=O)N(Cc3ccccc3)c3ccccc32)c2ccccc12. The molecule has 1 aliphatic rings. The monoisotopic (exact) mass is 552 g/mol. The van der Waals surface area contributed by atoms with Crippen molar-refractivity contribution in [2.75, 3.05) is 4.90 Å². The molecule has 0 aliphatic carbocycles. The highest BCUT2D eigenvalue weighted by atomic mass is 31.2. The molecule has 0 spiro atoms. The molecular formula is C36H29N2O2P. The summed E-state index contributed by atoms with van der Waals surface area (Å²) in [5, 5.41) is 3.24. The van der Waals surface area contributed by atoms with Crippen molar-refractivity contribution >= 4 is 45.6 Å². The third-order valence-electron chi connectivity index (χ3n) is 8.12. The molecule has 0 saturated heterocycles. The fourth-order valence-electron chi connectivity index (χ4n) is 6.18. The van der Waals surface area contributed by atoms with Crippen LogP contribution in [0.15, 0.2) is 140 Å². The van der Waals surface area contributed by atoms with Gasteiger partial charge in [0, 0.05) is 44.3 Å². The summed E-state index contributed by atoms with van der Waals surface area (Å²) in [5.41, 5.74) is 4.80. The number of hydrogen-bond donors (Lipinski definition) is 0. The number of carbonyl (C=O) groups is 1. The maximum Gasteiger partial charge on any atom is 0.255 e. The van der Waals surface area contributed by atoms with Gasteiger partial charge in [-0.15, -0.1) is 0 Å². The Hall–Kier alpha value is -4.66. The Labute approximate surface area is 239 Å². The second-order valence-electron chi connectivity index (χ2n) is 10.5. The first-order valence-corrected chi connectivity index (χ1v) is 15.5. The lowest BCUT2D eigenvalue weighted by Gasteiger charge is -2.21. The van der Waals surface area contributed by atoms with E-state index < -0.39 is 13.2 Å². The molecule has 200 valence electrons. The number of hydrogen-bond acceptors (Lipinski definition) is 2. The fraction of sp³-hybridized carbons (Fsp3) is 0.0833. The number of aryl methyl sites for hydroxylation is 1. The molecule has 5 aromatic carbocycles. The van der Waals surface area contributed by atoms with E-state index in [2.05, 4.69) is 0 Å². The van der Waals surface area contributed by atoms with Gasteiger partial charge < -0.3 is 14.0 Å². The van der Waals surface area contributed by atoms with Crippen LogP contribution in [0.4, 0.5) is 5.69 Å². The highest BCUT2D eigenvalue weighted by Crippen LogP contribution is 2.47. The number of aromatic nitrogens is 1. The number of benzene rings is 5. The molecule has 1 aliphatic heterocycles. The molecule has 0 radical (unpaired) electrons. The Bertz CT molecular complexity index is 1950. The normalized spacial score (nSPS) is 16.1. The van der Waals surface area contributed by atoms with Crippen LogP contribution in [0.3, 0.4) is 0 Å². The zero-order chi connectivity index (χ0) is 28.0. The molecule has 1 amide bonds. The molecule has 0 fully saturated rings. The molecule has 41 heavy (non-hydrogen) atoms. The molecule has 7 rings (SSSR count). The summed E-state index contributed by atoms with van der Waals surface area (Å²) in [6.45, 7) is 2.51. The Kier molecular flexibility index (Phi) is 6.22. The van der Waals surface area contributed by atoms with E-state index >= 15 is 4.57 Å². The Morgan fingerprint density at radius 1 is 0.683 bits per heavy atom. The molecular weight excluding hydrogens is 523 g/mol. The fourth-order valence-corrected chi connectivity index (χ4v) is 9.27. The molecule has 5 heteroatoms. The Morgan fingerprint density at radius 3 is 2.10 bits per heavy atom. The van der Waals surface area contributed by atoms with E-state index in [4.69, 9.17) is 0 Å². The van der Waals surface area contributed by atoms with Gasteiger partial charge in [-0.25, -0.2) is 0 Å². The molecule has 1 aromatic heterocycles. The van der Waals surface area contributed by atoms with Gasteiger partial charge in [0.15, 0.2) is 7.14 Å². The van der Waals surface area contributed by atoms with Crippen LogP contribution in [0.25, 0.3) is 10.9 Å². The van der Waals surface area contributed by atoms with Crippen LogP contribution >= 0.6 is 7.14 Å². The molecule has 0 bridgehead atoms. The lowest BCUT2D eigenvalue weighted by molar-refractivity contribution is -0.119. The van der Waals surface area contributed by atoms with E-state index in [1.54, 1.807) is 0 Å². The summed E-state index contributed by atoms with van der Waals surface area (Å²) >= 11 is 0. The first-order valence-electron chi connectivity index (χ1n) is 13.8. The average molecular weight is 553 g/mol. The van der Waals surface area contributed by atoms with Crippen molar-refractivity contribution in [2.24, 2.45) is 0 Å². The van der Waals surface area contributed by atoms with E-state index in [9.17, 15) is 4.79 Å². The van der Waals surface area contributed by atoms with Gasteiger partial charge in [-0.2, -0.15) is 0 Å². The third-order valence-corrected chi connectivity index (χ3v) is 11.4. The van der Waals surface area contributed by atoms with Crippen molar-refractivity contribution in [3.05, 3.63) is 156 Å². The van der Waals surface area contributed by atoms with Crippen LogP contribution in [-0.2, 0) is 15.9 Å². The van der Waals surface area contributed by atoms with Gasteiger partial charge in [-0.05, 0) is 30.2 Å². The number of para-hydroxylation sites is 2. The molecule has 6 aromatic rings. The minimum absolute atomic E-state index is 0.00721. The lowest BCUT2D eigenvalue weighted by atomic mass is 10.1. The lowest BCUT2D eigenvalue weighted by Crippen LogP contribution is -2.31. The summed E-state index contributed by atoms with van der Waals surface area (Å²) in [5.74, 6) is 0.00721. The zero-order valence-corrected chi connectivity index (χ0v) is 23.6. The number of nitrogens with zero attached hydrogens (tertiary/aromatic N) is 2. The van der Waals surface area contributed by atoms with Gasteiger partial charge in [-0.1, -0.05) is 121 Å². The average Bonchev–Trinajstić information content (AvgIpc) is 3.53. The van der Waals surface area contributed by atoms with Crippen molar-refractivity contribution in [3.8, 4) is 0 Å². The quantitative estimate of drug-likeness (QED) is 0.215. The van der Waals surface area contributed by atoms with Crippen LogP contribution in [0, 0.1) is 6.92 Å². The number of fused-ring (bicyclic) bond motifs is 2. The topological polar surface area (TPSA) is 42.3 Å². The first kappa shape index (κ1) is 25.3. The molecule has 0 saturated carbocycles. The molecule has 4 nitrogen and oxygen atoms in total. The number of anilines is 1. The van der Waals surface area contributed by atoms with E-state index in [-0.39, 0.29) is 5.91 Å². The molecule has 2 heterocycles. The van der Waals surface area contributed by atoms with Gasteiger partial charge in [0.05, 0.1) is 6.54 Å². The minimum atomic E-state index is -3.30. The van der Waals surface area contributed by atoms with Crippen molar-refractivity contribution < 1.29 is 9.36 Å². The van der Waals surface area contributed by atoms with Crippen LogP contribution in [0.2, 0.25) is 0 Å². The minimum Gasteiger partial charge on any atom is -0.330 e. The third kappa shape index (κ3) is 4.06. The number of amides is 1. The summed E-state index contributed by atoms with van der Waals surface area (Å²) in [4.78, 5) is 16.2. The summed E-state index contributed by atoms with van der Waals surface area (Å²) < 4.78 is 17.7. The highest BCUT2D eigenvalue weighted by Gasteiger charge is 2.41.